The van der Waals surface area contributed by atoms with Gasteiger partial charge in [0.2, 0.25) is 0 Å². The summed E-state index contributed by atoms with van der Waals surface area (Å²) in [5.41, 5.74) is 0.698. The highest BCUT2D eigenvalue weighted by atomic mass is 19.1. The molecule has 0 aliphatic heterocycles. The molecule has 2 rings (SSSR count). The highest BCUT2D eigenvalue weighted by Crippen LogP contribution is 2.11. The number of aryl methyl sites for hydroxylation is 1. The van der Waals surface area contributed by atoms with Crippen LogP contribution >= 0.6 is 0 Å². The molecule has 0 N–H and O–H groups in total. The number of hydrogen-bond donors (Lipinski definition) is 0. The number of nitrogens with zero attached hydrogens (tertiary/aromatic N) is 3. The van der Waals surface area contributed by atoms with E-state index in [1.807, 2.05) is 6.92 Å². The average molecular weight is 221 g/mol. The Morgan fingerprint density at radius 2 is 2.25 bits per heavy atom. The number of ether oxygens (including phenoxy) is 1. The Kier molecular flexibility index (Phi) is 3.14. The molecule has 2 aromatic rings. The van der Waals surface area contributed by atoms with Crippen LogP contribution in [-0.2, 0) is 13.2 Å². The second-order valence-electron chi connectivity index (χ2n) is 3.33. The molecule has 16 heavy (non-hydrogen) atoms. The summed E-state index contributed by atoms with van der Waals surface area (Å²) in [5, 5.41) is 4.07. The van der Waals surface area contributed by atoms with Crippen LogP contribution in [-0.4, -0.2) is 14.8 Å². The summed E-state index contributed by atoms with van der Waals surface area (Å²) in [7, 11) is 0. The SMILES string of the molecule is CCn1cc(OCc2cncc(F)c2)cn1. The van der Waals surface area contributed by atoms with Gasteiger partial charge in [-0.2, -0.15) is 5.10 Å². The Morgan fingerprint density at radius 3 is 2.94 bits per heavy atom. The molecule has 0 aromatic carbocycles. The van der Waals surface area contributed by atoms with Gasteiger partial charge in [-0.05, 0) is 13.0 Å². The van der Waals surface area contributed by atoms with Crippen molar-refractivity contribution >= 4 is 0 Å². The summed E-state index contributed by atoms with van der Waals surface area (Å²) in [5.74, 6) is 0.316. The summed E-state index contributed by atoms with van der Waals surface area (Å²) in [6.07, 6.45) is 6.18. The molecular formula is C11H12FN3O. The predicted octanol–water partition coefficient (Wildman–Crippen LogP) is 2.02. The highest BCUT2D eigenvalue weighted by Gasteiger charge is 2.00. The Balaban J connectivity index is 1.96. The number of aromatic nitrogens is 3. The van der Waals surface area contributed by atoms with Gasteiger partial charge in [0.1, 0.15) is 12.4 Å². The molecule has 4 nitrogen and oxygen atoms in total. The molecule has 0 amide bonds. The van der Waals surface area contributed by atoms with Gasteiger partial charge in [0.15, 0.2) is 5.75 Å². The van der Waals surface area contributed by atoms with Crippen LogP contribution in [0.3, 0.4) is 0 Å². The lowest BCUT2D eigenvalue weighted by Gasteiger charge is -2.02. The van der Waals surface area contributed by atoms with Crippen LogP contribution in [0.4, 0.5) is 4.39 Å². The van der Waals surface area contributed by atoms with Gasteiger partial charge in [0.05, 0.1) is 18.6 Å². The summed E-state index contributed by atoms with van der Waals surface area (Å²) in [6.45, 7) is 3.08. The first kappa shape index (κ1) is 10.6. The van der Waals surface area contributed by atoms with Gasteiger partial charge >= 0.3 is 0 Å². The Hall–Kier alpha value is -1.91. The van der Waals surface area contributed by atoms with Crippen molar-refractivity contribution in [3.8, 4) is 5.75 Å². The van der Waals surface area contributed by atoms with Gasteiger partial charge in [-0.1, -0.05) is 0 Å². The molecule has 0 saturated heterocycles. The van der Waals surface area contributed by atoms with Crippen molar-refractivity contribution in [3.05, 3.63) is 42.2 Å². The molecule has 84 valence electrons. The van der Waals surface area contributed by atoms with Gasteiger partial charge in [-0.15, -0.1) is 0 Å². The molecule has 0 atom stereocenters. The van der Waals surface area contributed by atoms with E-state index in [9.17, 15) is 4.39 Å². The first-order chi connectivity index (χ1) is 7.78. The van der Waals surface area contributed by atoms with Crippen molar-refractivity contribution in [3.63, 3.8) is 0 Å². The topological polar surface area (TPSA) is 39.9 Å². The van der Waals surface area contributed by atoms with Crippen molar-refractivity contribution in [2.24, 2.45) is 0 Å². The van der Waals surface area contributed by atoms with Gasteiger partial charge in [0.25, 0.3) is 0 Å². The normalized spacial score (nSPS) is 10.4. The molecule has 0 saturated carbocycles. The van der Waals surface area contributed by atoms with E-state index in [1.165, 1.54) is 12.3 Å². The molecule has 0 aliphatic rings. The zero-order valence-corrected chi connectivity index (χ0v) is 8.93. The summed E-state index contributed by atoms with van der Waals surface area (Å²) >= 11 is 0. The fourth-order valence-electron chi connectivity index (χ4n) is 1.29. The maximum absolute atomic E-state index is 12.8. The first-order valence-electron chi connectivity index (χ1n) is 5.02. The minimum atomic E-state index is -0.356. The van der Waals surface area contributed by atoms with Crippen LogP contribution < -0.4 is 4.74 Å². The summed E-state index contributed by atoms with van der Waals surface area (Å²) in [4.78, 5) is 3.74. The van der Waals surface area contributed by atoms with E-state index in [-0.39, 0.29) is 5.82 Å². The van der Waals surface area contributed by atoms with Gasteiger partial charge in [-0.25, -0.2) is 4.39 Å². The maximum atomic E-state index is 12.8. The van der Waals surface area contributed by atoms with Crippen molar-refractivity contribution in [1.29, 1.82) is 0 Å². The van der Waals surface area contributed by atoms with Crippen LogP contribution in [0.1, 0.15) is 12.5 Å². The number of halogens is 1. The lowest BCUT2D eigenvalue weighted by atomic mass is 10.3. The standard InChI is InChI=1S/C11H12FN3O/c1-2-15-7-11(6-14-15)16-8-9-3-10(12)5-13-4-9/h3-7H,2,8H2,1H3. The Bertz CT molecular complexity index is 470. The van der Waals surface area contributed by atoms with Crippen LogP contribution in [0.25, 0.3) is 0 Å². The number of hydrogen-bond acceptors (Lipinski definition) is 3. The molecule has 0 spiro atoms. The zero-order valence-electron chi connectivity index (χ0n) is 8.93. The molecule has 0 bridgehead atoms. The Labute approximate surface area is 92.7 Å². The van der Waals surface area contributed by atoms with Crippen molar-refractivity contribution < 1.29 is 9.13 Å². The van der Waals surface area contributed by atoms with E-state index in [2.05, 4.69) is 10.1 Å². The zero-order chi connectivity index (χ0) is 11.4. The van der Waals surface area contributed by atoms with E-state index in [1.54, 1.807) is 23.3 Å². The minimum Gasteiger partial charge on any atom is -0.486 e. The number of rotatable bonds is 4. The van der Waals surface area contributed by atoms with Crippen molar-refractivity contribution in [2.45, 2.75) is 20.1 Å². The highest BCUT2D eigenvalue weighted by molar-refractivity contribution is 5.14. The maximum Gasteiger partial charge on any atom is 0.157 e. The third-order valence-electron chi connectivity index (χ3n) is 2.10. The van der Waals surface area contributed by atoms with Gasteiger partial charge < -0.3 is 4.74 Å². The molecule has 2 heterocycles. The minimum absolute atomic E-state index is 0.292. The second-order valence-corrected chi connectivity index (χ2v) is 3.33. The fraction of sp³-hybridized carbons (Fsp3) is 0.273. The second kappa shape index (κ2) is 4.74. The molecule has 0 aliphatic carbocycles. The van der Waals surface area contributed by atoms with Crippen LogP contribution in [0, 0.1) is 5.82 Å². The van der Waals surface area contributed by atoms with Crippen molar-refractivity contribution in [1.82, 2.24) is 14.8 Å². The predicted molar refractivity (Wildman–Crippen MR) is 56.4 cm³/mol. The van der Waals surface area contributed by atoms with Gasteiger partial charge in [-0.3, -0.25) is 9.67 Å². The average Bonchev–Trinajstić information content (AvgIpc) is 2.74. The Morgan fingerprint density at radius 1 is 1.38 bits per heavy atom. The van der Waals surface area contributed by atoms with Crippen LogP contribution in [0.2, 0.25) is 0 Å². The van der Waals surface area contributed by atoms with Gasteiger partial charge in [0, 0.05) is 18.3 Å². The molecule has 5 heteroatoms. The van der Waals surface area contributed by atoms with Crippen molar-refractivity contribution in [2.75, 3.05) is 0 Å². The summed E-state index contributed by atoms with van der Waals surface area (Å²) < 4.78 is 20.0. The van der Waals surface area contributed by atoms with Crippen LogP contribution in [0.15, 0.2) is 30.9 Å². The third-order valence-corrected chi connectivity index (χ3v) is 2.10. The van der Waals surface area contributed by atoms with E-state index in [0.717, 1.165) is 6.54 Å². The monoisotopic (exact) mass is 221 g/mol. The smallest absolute Gasteiger partial charge is 0.157 e. The third kappa shape index (κ3) is 2.56. The lowest BCUT2D eigenvalue weighted by Crippen LogP contribution is -1.96. The van der Waals surface area contributed by atoms with E-state index in [0.29, 0.717) is 17.9 Å². The molecule has 0 radical (unpaired) electrons. The van der Waals surface area contributed by atoms with E-state index in [4.69, 9.17) is 4.74 Å². The molecule has 0 fully saturated rings. The quantitative estimate of drug-likeness (QED) is 0.792. The summed E-state index contributed by atoms with van der Waals surface area (Å²) in [6, 6.07) is 1.40. The molecular weight excluding hydrogens is 209 g/mol. The van der Waals surface area contributed by atoms with Crippen LogP contribution in [0.5, 0.6) is 5.75 Å². The van der Waals surface area contributed by atoms with E-state index < -0.39 is 0 Å². The largest absolute Gasteiger partial charge is 0.486 e. The molecule has 0 unspecified atom stereocenters. The van der Waals surface area contributed by atoms with E-state index >= 15 is 0 Å². The molecule has 2 aromatic heterocycles. The lowest BCUT2D eigenvalue weighted by molar-refractivity contribution is 0.304. The first-order valence-corrected chi connectivity index (χ1v) is 5.02. The fourth-order valence-corrected chi connectivity index (χ4v) is 1.29. The number of pyridine rings is 1.